The van der Waals surface area contributed by atoms with Gasteiger partial charge in [0.25, 0.3) is 0 Å². The van der Waals surface area contributed by atoms with Gasteiger partial charge in [-0.25, -0.2) is 4.98 Å². The SMILES string of the molecule is Cc1cc(NCc2ccccc2Cn2cccn2)n2nc(C)c(C)c2n1. The minimum atomic E-state index is 0.716. The highest BCUT2D eigenvalue weighted by Gasteiger charge is 2.11. The molecule has 4 aromatic rings. The third-order valence-corrected chi connectivity index (χ3v) is 4.65. The lowest BCUT2D eigenvalue weighted by Gasteiger charge is -2.13. The second kappa shape index (κ2) is 6.63. The zero-order valence-corrected chi connectivity index (χ0v) is 15.3. The van der Waals surface area contributed by atoms with E-state index >= 15 is 0 Å². The van der Waals surface area contributed by atoms with Crippen LogP contribution in [0.2, 0.25) is 0 Å². The van der Waals surface area contributed by atoms with Crippen LogP contribution in [0.5, 0.6) is 0 Å². The maximum absolute atomic E-state index is 4.63. The molecule has 0 saturated heterocycles. The number of rotatable bonds is 5. The van der Waals surface area contributed by atoms with Crippen LogP contribution >= 0.6 is 0 Å². The average molecular weight is 346 g/mol. The Bertz CT molecular complexity index is 1050. The van der Waals surface area contributed by atoms with Gasteiger partial charge in [0.2, 0.25) is 0 Å². The number of nitrogens with one attached hydrogen (secondary N) is 1. The van der Waals surface area contributed by atoms with E-state index in [4.69, 9.17) is 0 Å². The number of hydrogen-bond donors (Lipinski definition) is 1. The van der Waals surface area contributed by atoms with E-state index in [1.807, 2.05) is 41.4 Å². The van der Waals surface area contributed by atoms with Crippen molar-refractivity contribution >= 4 is 11.5 Å². The Labute approximate surface area is 152 Å². The zero-order valence-electron chi connectivity index (χ0n) is 15.3. The molecule has 0 amide bonds. The summed E-state index contributed by atoms with van der Waals surface area (Å²) in [5.41, 5.74) is 6.51. The number of anilines is 1. The van der Waals surface area contributed by atoms with Gasteiger partial charge in [0.05, 0.1) is 12.2 Å². The number of hydrogen-bond acceptors (Lipinski definition) is 4. The van der Waals surface area contributed by atoms with Crippen LogP contribution in [0.25, 0.3) is 5.65 Å². The van der Waals surface area contributed by atoms with E-state index in [2.05, 4.69) is 51.7 Å². The molecule has 0 fully saturated rings. The smallest absolute Gasteiger partial charge is 0.160 e. The topological polar surface area (TPSA) is 60.0 Å². The predicted octanol–water partition coefficient (Wildman–Crippen LogP) is 3.51. The summed E-state index contributed by atoms with van der Waals surface area (Å²) in [6.45, 7) is 7.57. The molecule has 0 atom stereocenters. The van der Waals surface area contributed by atoms with Crippen molar-refractivity contribution in [2.75, 3.05) is 5.32 Å². The van der Waals surface area contributed by atoms with Gasteiger partial charge < -0.3 is 5.32 Å². The summed E-state index contributed by atoms with van der Waals surface area (Å²) in [5, 5.41) is 12.5. The fourth-order valence-electron chi connectivity index (χ4n) is 3.11. The van der Waals surface area contributed by atoms with Crippen molar-refractivity contribution in [2.45, 2.75) is 33.9 Å². The molecule has 6 nitrogen and oxygen atoms in total. The molecule has 0 unspecified atom stereocenters. The maximum Gasteiger partial charge on any atom is 0.160 e. The fourth-order valence-corrected chi connectivity index (χ4v) is 3.11. The molecule has 0 aliphatic heterocycles. The van der Waals surface area contributed by atoms with E-state index in [-0.39, 0.29) is 0 Å². The van der Waals surface area contributed by atoms with Gasteiger partial charge >= 0.3 is 0 Å². The molecule has 0 aliphatic rings. The summed E-state index contributed by atoms with van der Waals surface area (Å²) < 4.78 is 3.83. The van der Waals surface area contributed by atoms with Crippen molar-refractivity contribution in [1.82, 2.24) is 24.4 Å². The molecule has 132 valence electrons. The molecule has 1 aromatic carbocycles. The Morgan fingerprint density at radius 1 is 1.04 bits per heavy atom. The molecule has 0 spiro atoms. The molecular weight excluding hydrogens is 324 g/mol. The second-order valence-electron chi connectivity index (χ2n) is 6.55. The van der Waals surface area contributed by atoms with E-state index in [0.29, 0.717) is 6.54 Å². The van der Waals surface area contributed by atoms with E-state index in [9.17, 15) is 0 Å². The predicted molar refractivity (Wildman–Crippen MR) is 102 cm³/mol. The first-order chi connectivity index (χ1) is 12.6. The Morgan fingerprint density at radius 2 is 1.85 bits per heavy atom. The number of aromatic nitrogens is 5. The van der Waals surface area contributed by atoms with E-state index < -0.39 is 0 Å². The summed E-state index contributed by atoms with van der Waals surface area (Å²) in [6.07, 6.45) is 3.79. The second-order valence-corrected chi connectivity index (χ2v) is 6.55. The largest absolute Gasteiger partial charge is 0.366 e. The maximum atomic E-state index is 4.63. The Morgan fingerprint density at radius 3 is 2.62 bits per heavy atom. The molecule has 0 radical (unpaired) electrons. The van der Waals surface area contributed by atoms with Crippen molar-refractivity contribution in [3.8, 4) is 0 Å². The molecule has 0 aliphatic carbocycles. The van der Waals surface area contributed by atoms with Crippen LogP contribution in [-0.2, 0) is 13.1 Å². The monoisotopic (exact) mass is 346 g/mol. The standard InChI is InChI=1S/C20H22N6/c1-14-11-19(26-20(23-14)15(2)16(3)24-26)21-12-17-7-4-5-8-18(17)13-25-10-6-9-22-25/h4-11,21H,12-13H2,1-3H3. The number of benzene rings is 1. The molecule has 1 N–H and O–H groups in total. The van der Waals surface area contributed by atoms with E-state index in [1.54, 1.807) is 6.20 Å². The van der Waals surface area contributed by atoms with Gasteiger partial charge in [-0.05, 0) is 38.0 Å². The van der Waals surface area contributed by atoms with Gasteiger partial charge in [0.1, 0.15) is 5.82 Å². The van der Waals surface area contributed by atoms with E-state index in [1.165, 1.54) is 11.1 Å². The molecule has 26 heavy (non-hydrogen) atoms. The first kappa shape index (κ1) is 16.3. The molecule has 4 rings (SSSR count). The minimum Gasteiger partial charge on any atom is -0.366 e. The highest BCUT2D eigenvalue weighted by Crippen LogP contribution is 2.19. The van der Waals surface area contributed by atoms with Crippen molar-refractivity contribution in [3.05, 3.63) is 76.9 Å². The quantitative estimate of drug-likeness (QED) is 0.601. The summed E-state index contributed by atoms with van der Waals surface area (Å²) in [4.78, 5) is 4.63. The summed E-state index contributed by atoms with van der Waals surface area (Å²) in [7, 11) is 0. The molecule has 0 saturated carbocycles. The number of aryl methyl sites for hydroxylation is 3. The van der Waals surface area contributed by atoms with Crippen LogP contribution in [0.1, 0.15) is 28.1 Å². The number of fused-ring (bicyclic) bond motifs is 1. The third kappa shape index (κ3) is 3.06. The number of nitrogens with zero attached hydrogens (tertiary/aromatic N) is 5. The molecule has 3 aromatic heterocycles. The Balaban J connectivity index is 1.62. The lowest BCUT2D eigenvalue weighted by molar-refractivity contribution is 0.682. The van der Waals surface area contributed by atoms with Crippen molar-refractivity contribution in [3.63, 3.8) is 0 Å². The van der Waals surface area contributed by atoms with Crippen LogP contribution in [0.15, 0.2) is 48.8 Å². The summed E-state index contributed by atoms with van der Waals surface area (Å²) >= 11 is 0. The van der Waals surface area contributed by atoms with Crippen LogP contribution in [-0.4, -0.2) is 24.4 Å². The zero-order chi connectivity index (χ0) is 18.1. The first-order valence-corrected chi connectivity index (χ1v) is 8.73. The fraction of sp³-hybridized carbons (Fsp3) is 0.250. The highest BCUT2D eigenvalue weighted by molar-refractivity contribution is 5.56. The van der Waals surface area contributed by atoms with Crippen molar-refractivity contribution in [2.24, 2.45) is 0 Å². The van der Waals surface area contributed by atoms with Gasteiger partial charge in [-0.2, -0.15) is 14.7 Å². The summed E-state index contributed by atoms with van der Waals surface area (Å²) in [6, 6.07) is 12.4. The van der Waals surface area contributed by atoms with Gasteiger partial charge in [0, 0.05) is 36.3 Å². The lowest BCUT2D eigenvalue weighted by atomic mass is 10.1. The summed E-state index contributed by atoms with van der Waals surface area (Å²) in [5.74, 6) is 0.956. The first-order valence-electron chi connectivity index (χ1n) is 8.73. The van der Waals surface area contributed by atoms with Crippen LogP contribution in [0.4, 0.5) is 5.82 Å². The van der Waals surface area contributed by atoms with Gasteiger partial charge in [-0.1, -0.05) is 24.3 Å². The van der Waals surface area contributed by atoms with Crippen LogP contribution in [0, 0.1) is 20.8 Å². The third-order valence-electron chi connectivity index (χ3n) is 4.65. The van der Waals surface area contributed by atoms with Gasteiger partial charge in [0.15, 0.2) is 5.65 Å². The van der Waals surface area contributed by atoms with E-state index in [0.717, 1.165) is 35.0 Å². The van der Waals surface area contributed by atoms with Crippen molar-refractivity contribution < 1.29 is 0 Å². The van der Waals surface area contributed by atoms with Gasteiger partial charge in [-0.15, -0.1) is 0 Å². The average Bonchev–Trinajstić information content (AvgIpc) is 3.24. The van der Waals surface area contributed by atoms with Crippen molar-refractivity contribution in [1.29, 1.82) is 0 Å². The molecule has 0 bridgehead atoms. The highest BCUT2D eigenvalue weighted by atomic mass is 15.3. The normalized spacial score (nSPS) is 11.2. The Kier molecular flexibility index (Phi) is 4.16. The Hall–Kier alpha value is -3.15. The molecule has 3 heterocycles. The van der Waals surface area contributed by atoms with Gasteiger partial charge in [-0.3, -0.25) is 4.68 Å². The van der Waals surface area contributed by atoms with Crippen LogP contribution in [0.3, 0.4) is 0 Å². The molecule has 6 heteroatoms. The lowest BCUT2D eigenvalue weighted by Crippen LogP contribution is -2.10. The van der Waals surface area contributed by atoms with Crippen LogP contribution < -0.4 is 5.32 Å². The minimum absolute atomic E-state index is 0.716. The molecular formula is C20H22N6.